The second kappa shape index (κ2) is 10.5. The van der Waals surface area contributed by atoms with Crippen LogP contribution in [-0.4, -0.2) is 42.3 Å². The molecule has 0 aliphatic carbocycles. The average molecular weight is 393 g/mol. The molecule has 29 heavy (non-hydrogen) atoms. The maximum absolute atomic E-state index is 11.1. The Labute approximate surface area is 171 Å². The molecule has 2 heterocycles. The van der Waals surface area contributed by atoms with E-state index in [1.54, 1.807) is 18.3 Å². The van der Waals surface area contributed by atoms with Crippen molar-refractivity contribution in [3.63, 3.8) is 0 Å². The maximum Gasteiger partial charge on any atom is 0.337 e. The SMILES string of the molecule is C=CCOc1cc(/C=C/c2cncc(C(=O)O)c2)cc(CNCC2CCNC2)c1. The van der Waals surface area contributed by atoms with Gasteiger partial charge in [0, 0.05) is 18.9 Å². The number of carboxylic acid groups (broad SMARTS) is 1. The summed E-state index contributed by atoms with van der Waals surface area (Å²) in [5.41, 5.74) is 3.01. The summed E-state index contributed by atoms with van der Waals surface area (Å²) in [5, 5.41) is 16.0. The van der Waals surface area contributed by atoms with Gasteiger partial charge in [-0.1, -0.05) is 30.9 Å². The van der Waals surface area contributed by atoms with Crippen molar-refractivity contribution in [1.82, 2.24) is 15.6 Å². The van der Waals surface area contributed by atoms with E-state index in [9.17, 15) is 4.79 Å². The number of nitrogens with one attached hydrogen (secondary N) is 2. The van der Waals surface area contributed by atoms with Crippen molar-refractivity contribution < 1.29 is 14.6 Å². The van der Waals surface area contributed by atoms with Crippen LogP contribution in [0.1, 0.15) is 33.5 Å². The molecule has 1 aliphatic rings. The molecule has 3 rings (SSSR count). The summed E-state index contributed by atoms with van der Waals surface area (Å²) in [6.45, 7) is 8.07. The van der Waals surface area contributed by atoms with Gasteiger partial charge in [-0.15, -0.1) is 0 Å². The van der Waals surface area contributed by atoms with E-state index < -0.39 is 5.97 Å². The molecule has 0 bridgehead atoms. The molecular weight excluding hydrogens is 366 g/mol. The number of rotatable bonds is 10. The summed E-state index contributed by atoms with van der Waals surface area (Å²) >= 11 is 0. The highest BCUT2D eigenvalue weighted by molar-refractivity contribution is 5.88. The van der Waals surface area contributed by atoms with Crippen molar-refractivity contribution in [2.45, 2.75) is 13.0 Å². The smallest absolute Gasteiger partial charge is 0.337 e. The second-order valence-electron chi connectivity index (χ2n) is 7.15. The van der Waals surface area contributed by atoms with E-state index in [2.05, 4.69) is 28.3 Å². The van der Waals surface area contributed by atoms with Gasteiger partial charge in [-0.05, 0) is 66.9 Å². The van der Waals surface area contributed by atoms with Gasteiger partial charge in [0.25, 0.3) is 0 Å². The second-order valence-corrected chi connectivity index (χ2v) is 7.15. The maximum atomic E-state index is 11.1. The lowest BCUT2D eigenvalue weighted by atomic mass is 10.1. The van der Waals surface area contributed by atoms with E-state index >= 15 is 0 Å². The number of nitrogens with zero attached hydrogens (tertiary/aromatic N) is 1. The molecule has 1 aromatic carbocycles. The van der Waals surface area contributed by atoms with Crippen LogP contribution in [0.15, 0.2) is 49.3 Å². The minimum atomic E-state index is -0.988. The summed E-state index contributed by atoms with van der Waals surface area (Å²) < 4.78 is 5.74. The fraction of sp³-hybridized carbons (Fsp3) is 0.304. The van der Waals surface area contributed by atoms with Gasteiger partial charge in [-0.25, -0.2) is 4.79 Å². The predicted octanol–water partition coefficient (Wildman–Crippen LogP) is 3.21. The lowest BCUT2D eigenvalue weighted by molar-refractivity contribution is 0.0696. The van der Waals surface area contributed by atoms with Gasteiger partial charge in [-0.3, -0.25) is 4.98 Å². The van der Waals surface area contributed by atoms with Gasteiger partial charge >= 0.3 is 5.97 Å². The first-order valence-electron chi connectivity index (χ1n) is 9.79. The summed E-state index contributed by atoms with van der Waals surface area (Å²) in [6, 6.07) is 7.69. The third-order valence-electron chi connectivity index (χ3n) is 4.76. The summed E-state index contributed by atoms with van der Waals surface area (Å²) in [5.74, 6) is 0.478. The van der Waals surface area contributed by atoms with Gasteiger partial charge in [0.1, 0.15) is 12.4 Å². The summed E-state index contributed by atoms with van der Waals surface area (Å²) in [7, 11) is 0. The molecule has 1 saturated heterocycles. The average Bonchev–Trinajstić information content (AvgIpc) is 3.24. The third kappa shape index (κ3) is 6.55. The van der Waals surface area contributed by atoms with Crippen molar-refractivity contribution in [2.24, 2.45) is 5.92 Å². The van der Waals surface area contributed by atoms with Gasteiger partial charge in [-0.2, -0.15) is 0 Å². The van der Waals surface area contributed by atoms with Crippen LogP contribution in [0.2, 0.25) is 0 Å². The Bertz CT molecular complexity index is 873. The lowest BCUT2D eigenvalue weighted by Gasteiger charge is -2.12. The monoisotopic (exact) mass is 393 g/mol. The van der Waals surface area contributed by atoms with Gasteiger partial charge in [0.2, 0.25) is 0 Å². The van der Waals surface area contributed by atoms with Gasteiger partial charge < -0.3 is 20.5 Å². The molecule has 1 aromatic heterocycles. The topological polar surface area (TPSA) is 83.5 Å². The number of aromatic nitrogens is 1. The van der Waals surface area contributed by atoms with Crippen molar-refractivity contribution >= 4 is 18.1 Å². The quantitative estimate of drug-likeness (QED) is 0.538. The number of carboxylic acids is 1. The van der Waals surface area contributed by atoms with E-state index in [-0.39, 0.29) is 5.56 Å². The van der Waals surface area contributed by atoms with E-state index in [1.165, 1.54) is 12.6 Å². The Morgan fingerprint density at radius 3 is 2.90 bits per heavy atom. The minimum Gasteiger partial charge on any atom is -0.490 e. The molecule has 0 amide bonds. The third-order valence-corrected chi connectivity index (χ3v) is 4.76. The molecule has 152 valence electrons. The molecule has 0 spiro atoms. The molecule has 0 saturated carbocycles. The van der Waals surface area contributed by atoms with Crippen LogP contribution in [0.5, 0.6) is 5.75 Å². The normalized spacial score (nSPS) is 16.2. The number of hydrogen-bond acceptors (Lipinski definition) is 5. The van der Waals surface area contributed by atoms with Crippen molar-refractivity contribution in [1.29, 1.82) is 0 Å². The molecule has 1 fully saturated rings. The highest BCUT2D eigenvalue weighted by Gasteiger charge is 2.13. The molecule has 6 heteroatoms. The lowest BCUT2D eigenvalue weighted by Crippen LogP contribution is -2.24. The van der Waals surface area contributed by atoms with Crippen LogP contribution in [-0.2, 0) is 6.54 Å². The number of pyridine rings is 1. The van der Waals surface area contributed by atoms with E-state index in [0.29, 0.717) is 12.5 Å². The van der Waals surface area contributed by atoms with Crippen LogP contribution in [0.3, 0.4) is 0 Å². The van der Waals surface area contributed by atoms with Crippen LogP contribution < -0.4 is 15.4 Å². The highest BCUT2D eigenvalue weighted by atomic mass is 16.5. The Morgan fingerprint density at radius 2 is 2.14 bits per heavy atom. The van der Waals surface area contributed by atoms with Crippen molar-refractivity contribution in [3.05, 3.63) is 71.6 Å². The van der Waals surface area contributed by atoms with E-state index in [1.807, 2.05) is 24.3 Å². The van der Waals surface area contributed by atoms with Crippen LogP contribution >= 0.6 is 0 Å². The standard InChI is InChI=1S/C23H27N3O3/c1-2-7-29-22-10-17(3-4-18-9-21(23(27)28)16-26-12-18)8-20(11-22)15-25-14-19-5-6-24-13-19/h2-4,8-12,16,19,24-25H,1,5-7,13-15H2,(H,27,28)/b4-3+. The minimum absolute atomic E-state index is 0.168. The van der Waals surface area contributed by atoms with Crippen LogP contribution in [0.4, 0.5) is 0 Å². The molecule has 6 nitrogen and oxygen atoms in total. The first-order chi connectivity index (χ1) is 14.1. The van der Waals surface area contributed by atoms with Crippen LogP contribution in [0, 0.1) is 5.92 Å². The van der Waals surface area contributed by atoms with Crippen LogP contribution in [0.25, 0.3) is 12.2 Å². The number of ether oxygens (including phenoxy) is 1. The zero-order valence-corrected chi connectivity index (χ0v) is 16.4. The highest BCUT2D eigenvalue weighted by Crippen LogP contribution is 2.20. The first-order valence-corrected chi connectivity index (χ1v) is 9.79. The Kier molecular flexibility index (Phi) is 7.55. The predicted molar refractivity (Wildman–Crippen MR) is 115 cm³/mol. The van der Waals surface area contributed by atoms with Crippen molar-refractivity contribution in [2.75, 3.05) is 26.2 Å². The molecular formula is C23H27N3O3. The zero-order valence-electron chi connectivity index (χ0n) is 16.4. The molecule has 3 N–H and O–H groups in total. The number of aromatic carboxylic acids is 1. The van der Waals surface area contributed by atoms with Gasteiger partial charge in [0.05, 0.1) is 5.56 Å². The number of benzene rings is 1. The first kappa shape index (κ1) is 20.8. The molecule has 1 atom stereocenters. The Morgan fingerprint density at radius 1 is 1.28 bits per heavy atom. The zero-order chi connectivity index (χ0) is 20.5. The fourth-order valence-electron chi connectivity index (χ4n) is 3.29. The number of carbonyl (C=O) groups is 1. The summed E-state index contributed by atoms with van der Waals surface area (Å²) in [4.78, 5) is 15.1. The largest absolute Gasteiger partial charge is 0.490 e. The molecule has 1 unspecified atom stereocenters. The Hall–Kier alpha value is -2.96. The molecule has 0 radical (unpaired) electrons. The number of hydrogen-bond donors (Lipinski definition) is 3. The fourth-order valence-corrected chi connectivity index (χ4v) is 3.29. The summed E-state index contributed by atoms with van der Waals surface area (Å²) in [6.07, 6.45) is 9.71. The van der Waals surface area contributed by atoms with Gasteiger partial charge in [0.15, 0.2) is 0 Å². The van der Waals surface area contributed by atoms with E-state index in [0.717, 1.165) is 48.6 Å². The molecule has 1 aliphatic heterocycles. The Balaban J connectivity index is 1.72. The van der Waals surface area contributed by atoms with E-state index in [4.69, 9.17) is 9.84 Å². The molecule has 2 aromatic rings. The van der Waals surface area contributed by atoms with Crippen molar-refractivity contribution in [3.8, 4) is 5.75 Å².